The standard InChI is InChI=1S/C12H17N3O2/c1-2-3-8-15-11(16)7-6-10(14-15)12(17)13-9-4-5-9/h6-7,9H,2-5,8H2,1H3,(H,13,17). The zero-order chi connectivity index (χ0) is 12.3. The summed E-state index contributed by atoms with van der Waals surface area (Å²) in [7, 11) is 0. The van der Waals surface area contributed by atoms with Crippen LogP contribution in [0.1, 0.15) is 43.1 Å². The smallest absolute Gasteiger partial charge is 0.271 e. The van der Waals surface area contributed by atoms with Crippen molar-refractivity contribution in [1.29, 1.82) is 0 Å². The summed E-state index contributed by atoms with van der Waals surface area (Å²) in [6.07, 6.45) is 3.97. The Kier molecular flexibility index (Phi) is 3.56. The fraction of sp³-hybridized carbons (Fsp3) is 0.583. The molecule has 1 saturated carbocycles. The van der Waals surface area contributed by atoms with Gasteiger partial charge in [0.25, 0.3) is 11.5 Å². The molecule has 1 heterocycles. The Balaban J connectivity index is 2.11. The van der Waals surface area contributed by atoms with E-state index >= 15 is 0 Å². The van der Waals surface area contributed by atoms with Crippen LogP contribution in [-0.2, 0) is 6.54 Å². The minimum atomic E-state index is -0.183. The van der Waals surface area contributed by atoms with Crippen molar-refractivity contribution in [2.45, 2.75) is 45.2 Å². The maximum absolute atomic E-state index is 11.7. The first-order valence-corrected chi connectivity index (χ1v) is 6.09. The summed E-state index contributed by atoms with van der Waals surface area (Å²) in [5.74, 6) is -0.183. The molecule has 5 nitrogen and oxygen atoms in total. The molecule has 92 valence electrons. The molecule has 0 unspecified atom stereocenters. The Labute approximate surface area is 99.8 Å². The molecule has 2 rings (SSSR count). The molecule has 0 atom stereocenters. The third-order valence-electron chi connectivity index (χ3n) is 2.74. The Bertz CT molecular complexity index is 463. The third kappa shape index (κ3) is 3.15. The number of aromatic nitrogens is 2. The van der Waals surface area contributed by atoms with Gasteiger partial charge in [0.05, 0.1) is 0 Å². The number of unbranched alkanes of at least 4 members (excludes halogenated alkanes) is 1. The van der Waals surface area contributed by atoms with Crippen LogP contribution in [0.25, 0.3) is 0 Å². The lowest BCUT2D eigenvalue weighted by atomic mass is 10.3. The van der Waals surface area contributed by atoms with Crippen LogP contribution in [0.15, 0.2) is 16.9 Å². The molecule has 1 aliphatic carbocycles. The van der Waals surface area contributed by atoms with Crippen LogP contribution >= 0.6 is 0 Å². The first-order valence-electron chi connectivity index (χ1n) is 6.09. The lowest BCUT2D eigenvalue weighted by Gasteiger charge is -2.06. The zero-order valence-corrected chi connectivity index (χ0v) is 9.98. The summed E-state index contributed by atoms with van der Waals surface area (Å²) >= 11 is 0. The second-order valence-corrected chi connectivity index (χ2v) is 4.38. The maximum Gasteiger partial charge on any atom is 0.271 e. The molecule has 1 fully saturated rings. The molecule has 0 radical (unpaired) electrons. The van der Waals surface area contributed by atoms with E-state index in [4.69, 9.17) is 0 Å². The van der Waals surface area contributed by atoms with Gasteiger partial charge >= 0.3 is 0 Å². The molecule has 17 heavy (non-hydrogen) atoms. The number of amides is 1. The molecular weight excluding hydrogens is 218 g/mol. The first kappa shape index (κ1) is 11.8. The summed E-state index contributed by atoms with van der Waals surface area (Å²) in [4.78, 5) is 23.2. The average Bonchev–Trinajstić information content (AvgIpc) is 3.11. The highest BCUT2D eigenvalue weighted by molar-refractivity contribution is 5.92. The van der Waals surface area contributed by atoms with Crippen LogP contribution in [0.4, 0.5) is 0 Å². The molecule has 0 spiro atoms. The fourth-order valence-electron chi connectivity index (χ4n) is 1.53. The predicted molar refractivity (Wildman–Crippen MR) is 63.9 cm³/mol. The number of hydrogen-bond donors (Lipinski definition) is 1. The van der Waals surface area contributed by atoms with Gasteiger partial charge in [-0.25, -0.2) is 4.68 Å². The van der Waals surface area contributed by atoms with Gasteiger partial charge in [-0.1, -0.05) is 13.3 Å². The van der Waals surface area contributed by atoms with Crippen LogP contribution in [0.2, 0.25) is 0 Å². The van der Waals surface area contributed by atoms with Gasteiger partial charge in [-0.3, -0.25) is 9.59 Å². The second-order valence-electron chi connectivity index (χ2n) is 4.38. The molecule has 1 N–H and O–H groups in total. The summed E-state index contributed by atoms with van der Waals surface area (Å²) in [5, 5.41) is 6.94. The SMILES string of the molecule is CCCCn1nc(C(=O)NC2CC2)ccc1=O. The van der Waals surface area contributed by atoms with Gasteiger partial charge < -0.3 is 5.32 Å². The summed E-state index contributed by atoms with van der Waals surface area (Å²) in [5.41, 5.74) is 0.175. The van der Waals surface area contributed by atoms with Crippen LogP contribution in [0.3, 0.4) is 0 Å². The van der Waals surface area contributed by atoms with Crippen molar-refractivity contribution in [3.8, 4) is 0 Å². The number of carbonyl (C=O) groups is 1. The van der Waals surface area contributed by atoms with Crippen LogP contribution in [-0.4, -0.2) is 21.7 Å². The first-order chi connectivity index (χ1) is 8.20. The van der Waals surface area contributed by atoms with Crippen molar-refractivity contribution in [2.75, 3.05) is 0 Å². The van der Waals surface area contributed by atoms with Gasteiger partial charge in [0.2, 0.25) is 0 Å². The third-order valence-corrected chi connectivity index (χ3v) is 2.74. The number of aryl methyl sites for hydroxylation is 1. The highest BCUT2D eigenvalue weighted by Gasteiger charge is 2.24. The molecule has 0 saturated heterocycles. The number of nitrogens with one attached hydrogen (secondary N) is 1. The Morgan fingerprint density at radius 2 is 2.29 bits per heavy atom. The molecule has 0 aliphatic heterocycles. The second kappa shape index (κ2) is 5.12. The molecule has 5 heteroatoms. The van der Waals surface area contributed by atoms with Gasteiger partial charge in [-0.05, 0) is 25.3 Å². The average molecular weight is 235 g/mol. The van der Waals surface area contributed by atoms with E-state index in [1.165, 1.54) is 16.8 Å². The van der Waals surface area contributed by atoms with Gasteiger partial charge in [0.1, 0.15) is 5.69 Å². The van der Waals surface area contributed by atoms with E-state index in [0.29, 0.717) is 18.3 Å². The highest BCUT2D eigenvalue weighted by atomic mass is 16.2. The van der Waals surface area contributed by atoms with E-state index in [9.17, 15) is 9.59 Å². The normalized spacial score (nSPS) is 14.6. The lowest BCUT2D eigenvalue weighted by molar-refractivity contribution is 0.0943. The van der Waals surface area contributed by atoms with Crippen molar-refractivity contribution in [1.82, 2.24) is 15.1 Å². The van der Waals surface area contributed by atoms with Crippen LogP contribution in [0.5, 0.6) is 0 Å². The molecular formula is C12H17N3O2. The molecule has 1 aromatic rings. The number of hydrogen-bond acceptors (Lipinski definition) is 3. The Morgan fingerprint density at radius 1 is 1.53 bits per heavy atom. The van der Waals surface area contributed by atoms with E-state index in [2.05, 4.69) is 17.3 Å². The van der Waals surface area contributed by atoms with Gasteiger partial charge in [0, 0.05) is 18.7 Å². The van der Waals surface area contributed by atoms with Crippen molar-refractivity contribution in [2.24, 2.45) is 0 Å². The largest absolute Gasteiger partial charge is 0.348 e. The maximum atomic E-state index is 11.7. The Morgan fingerprint density at radius 3 is 2.94 bits per heavy atom. The van der Waals surface area contributed by atoms with Crippen LogP contribution < -0.4 is 10.9 Å². The molecule has 1 aliphatic rings. The number of carbonyl (C=O) groups excluding carboxylic acids is 1. The van der Waals surface area contributed by atoms with E-state index < -0.39 is 0 Å². The monoisotopic (exact) mass is 235 g/mol. The van der Waals surface area contributed by atoms with Gasteiger partial charge in [0.15, 0.2) is 0 Å². The van der Waals surface area contributed by atoms with E-state index in [-0.39, 0.29) is 11.5 Å². The van der Waals surface area contributed by atoms with E-state index in [0.717, 1.165) is 25.7 Å². The highest BCUT2D eigenvalue weighted by Crippen LogP contribution is 2.18. The number of rotatable bonds is 5. The number of nitrogens with zero attached hydrogens (tertiary/aromatic N) is 2. The van der Waals surface area contributed by atoms with Crippen LogP contribution in [0, 0.1) is 0 Å². The van der Waals surface area contributed by atoms with Gasteiger partial charge in [-0.15, -0.1) is 0 Å². The fourth-order valence-corrected chi connectivity index (χ4v) is 1.53. The topological polar surface area (TPSA) is 64.0 Å². The molecule has 0 aromatic carbocycles. The molecule has 1 aromatic heterocycles. The van der Waals surface area contributed by atoms with Gasteiger partial charge in [-0.2, -0.15) is 5.10 Å². The van der Waals surface area contributed by atoms with E-state index in [1.54, 1.807) is 0 Å². The summed E-state index contributed by atoms with van der Waals surface area (Å²) in [6, 6.07) is 3.20. The van der Waals surface area contributed by atoms with Crippen molar-refractivity contribution >= 4 is 5.91 Å². The quantitative estimate of drug-likeness (QED) is 0.826. The summed E-state index contributed by atoms with van der Waals surface area (Å²) in [6.45, 7) is 2.62. The van der Waals surface area contributed by atoms with Crippen molar-refractivity contribution in [3.05, 3.63) is 28.2 Å². The van der Waals surface area contributed by atoms with E-state index in [1.807, 2.05) is 0 Å². The van der Waals surface area contributed by atoms with Crippen molar-refractivity contribution in [3.63, 3.8) is 0 Å². The Hall–Kier alpha value is -1.65. The van der Waals surface area contributed by atoms with Crippen molar-refractivity contribution < 1.29 is 4.79 Å². The minimum absolute atomic E-state index is 0.151. The lowest BCUT2D eigenvalue weighted by Crippen LogP contribution is -2.30. The zero-order valence-electron chi connectivity index (χ0n) is 9.98. The molecule has 0 bridgehead atoms. The molecule has 1 amide bonds. The predicted octanol–water partition coefficient (Wildman–Crippen LogP) is 0.936. The summed E-state index contributed by atoms with van der Waals surface area (Å²) < 4.78 is 1.37. The minimum Gasteiger partial charge on any atom is -0.348 e.